The molecule has 1 atom stereocenters. The summed E-state index contributed by atoms with van der Waals surface area (Å²) >= 11 is 2.07. The molecule has 3 rings (SSSR count). The fraction of sp³-hybridized carbons (Fsp3) is 0.696. The second kappa shape index (κ2) is 9.91. The van der Waals surface area contributed by atoms with Gasteiger partial charge in [0.25, 0.3) is 5.91 Å². The quantitative estimate of drug-likeness (QED) is 0.710. The number of phenols is 1. The van der Waals surface area contributed by atoms with Crippen LogP contribution in [0.25, 0.3) is 0 Å². The number of aryl methyl sites for hydroxylation is 1. The molecular formula is C23H35NO3S. The van der Waals surface area contributed by atoms with E-state index in [9.17, 15) is 9.90 Å². The number of ether oxygens (including phenoxy) is 1. The highest BCUT2D eigenvalue weighted by Gasteiger charge is 2.39. The molecule has 1 amide bonds. The van der Waals surface area contributed by atoms with Gasteiger partial charge < -0.3 is 14.7 Å². The van der Waals surface area contributed by atoms with Crippen LogP contribution in [0.1, 0.15) is 63.9 Å². The zero-order chi connectivity index (χ0) is 20.0. The lowest BCUT2D eigenvalue weighted by molar-refractivity contribution is -0.133. The summed E-state index contributed by atoms with van der Waals surface area (Å²) < 4.78 is 5.59. The van der Waals surface area contributed by atoms with Gasteiger partial charge in [-0.15, -0.1) is 0 Å². The van der Waals surface area contributed by atoms with Gasteiger partial charge in [-0.05, 0) is 62.0 Å². The van der Waals surface area contributed by atoms with Gasteiger partial charge >= 0.3 is 0 Å². The van der Waals surface area contributed by atoms with E-state index >= 15 is 0 Å². The van der Waals surface area contributed by atoms with E-state index in [1.807, 2.05) is 24.8 Å². The molecule has 0 radical (unpaired) electrons. The molecule has 4 nitrogen and oxygen atoms in total. The lowest BCUT2D eigenvalue weighted by atomic mass is 9.75. The first-order valence-electron chi connectivity index (χ1n) is 10.8. The van der Waals surface area contributed by atoms with Crippen molar-refractivity contribution in [2.45, 2.75) is 70.5 Å². The molecule has 1 N–H and O–H groups in total. The summed E-state index contributed by atoms with van der Waals surface area (Å²) in [7, 11) is 0. The number of nitrogens with zero attached hydrogens (tertiary/aromatic N) is 1. The minimum Gasteiger partial charge on any atom is -0.504 e. The first-order valence-corrected chi connectivity index (χ1v) is 11.9. The standard InChI is InChI=1S/C23H35NO3S/c1-3-24(22(26)16-27-21-10-9-18(2)13-20(21)25)15-19-14-23(17-28-19)11-7-5-4-6-8-12-23/h9-10,13,19,25H,3-8,11-12,14-17H2,1-2H3. The van der Waals surface area contributed by atoms with Crippen molar-refractivity contribution >= 4 is 17.7 Å². The number of carbonyl (C=O) groups is 1. The monoisotopic (exact) mass is 405 g/mol. The van der Waals surface area contributed by atoms with E-state index < -0.39 is 0 Å². The third-order valence-electron chi connectivity index (χ3n) is 6.32. The first kappa shape index (κ1) is 21.4. The summed E-state index contributed by atoms with van der Waals surface area (Å²) in [6, 6.07) is 5.25. The van der Waals surface area contributed by atoms with Crippen molar-refractivity contribution in [3.8, 4) is 11.5 Å². The highest BCUT2D eigenvalue weighted by Crippen LogP contribution is 2.49. The molecule has 1 saturated heterocycles. The number of carbonyl (C=O) groups excluding carboxylic acids is 1. The van der Waals surface area contributed by atoms with E-state index in [4.69, 9.17) is 4.74 Å². The van der Waals surface area contributed by atoms with Crippen molar-refractivity contribution in [3.05, 3.63) is 23.8 Å². The molecule has 1 aromatic rings. The maximum atomic E-state index is 12.7. The number of rotatable bonds is 6. The minimum absolute atomic E-state index is 0.00157. The predicted molar refractivity (Wildman–Crippen MR) is 116 cm³/mol. The summed E-state index contributed by atoms with van der Waals surface area (Å²) in [5, 5.41) is 10.5. The van der Waals surface area contributed by atoms with Crippen LogP contribution in [0.3, 0.4) is 0 Å². The molecule has 1 aliphatic carbocycles. The molecule has 0 bridgehead atoms. The summed E-state index contributed by atoms with van der Waals surface area (Å²) in [6.45, 7) is 5.44. The van der Waals surface area contributed by atoms with Crippen molar-refractivity contribution in [2.24, 2.45) is 5.41 Å². The fourth-order valence-electron chi connectivity index (χ4n) is 4.65. The van der Waals surface area contributed by atoms with Crippen molar-refractivity contribution in [3.63, 3.8) is 0 Å². The summed E-state index contributed by atoms with van der Waals surface area (Å²) in [4.78, 5) is 14.6. The number of aromatic hydroxyl groups is 1. The summed E-state index contributed by atoms with van der Waals surface area (Å²) in [5.74, 6) is 1.73. The topological polar surface area (TPSA) is 49.8 Å². The Morgan fingerprint density at radius 3 is 2.64 bits per heavy atom. The van der Waals surface area contributed by atoms with Gasteiger partial charge in [0.2, 0.25) is 0 Å². The van der Waals surface area contributed by atoms with Crippen molar-refractivity contribution < 1.29 is 14.6 Å². The predicted octanol–water partition coefficient (Wildman–Crippen LogP) is 5.16. The molecule has 1 saturated carbocycles. The summed E-state index contributed by atoms with van der Waals surface area (Å²) in [6.07, 6.45) is 10.9. The lowest BCUT2D eigenvalue weighted by Crippen LogP contribution is -2.39. The highest BCUT2D eigenvalue weighted by molar-refractivity contribution is 8.00. The van der Waals surface area contributed by atoms with Gasteiger partial charge in [0.1, 0.15) is 0 Å². The second-order valence-corrected chi connectivity index (χ2v) is 9.89. The normalized spacial score (nSPS) is 21.9. The third-order valence-corrected chi connectivity index (χ3v) is 7.89. The van der Waals surface area contributed by atoms with Gasteiger partial charge in [0.05, 0.1) is 0 Å². The van der Waals surface area contributed by atoms with Crippen LogP contribution in [0.15, 0.2) is 18.2 Å². The number of likely N-dealkylation sites (N-methyl/N-ethyl adjacent to an activating group) is 1. The Morgan fingerprint density at radius 1 is 1.25 bits per heavy atom. The Bertz CT molecular complexity index is 655. The number of thioether (sulfide) groups is 1. The average Bonchev–Trinajstić information content (AvgIpc) is 3.06. The number of hydrogen-bond acceptors (Lipinski definition) is 4. The zero-order valence-corrected chi connectivity index (χ0v) is 18.2. The molecule has 2 fully saturated rings. The van der Waals surface area contributed by atoms with Crippen molar-refractivity contribution in [1.29, 1.82) is 0 Å². The van der Waals surface area contributed by atoms with Crippen LogP contribution in [0.2, 0.25) is 0 Å². The maximum absolute atomic E-state index is 12.7. The van der Waals surface area contributed by atoms with Gasteiger partial charge in [-0.1, -0.05) is 38.2 Å². The van der Waals surface area contributed by atoms with E-state index in [-0.39, 0.29) is 18.3 Å². The largest absolute Gasteiger partial charge is 0.504 e. The molecule has 1 unspecified atom stereocenters. The summed E-state index contributed by atoms with van der Waals surface area (Å²) in [5.41, 5.74) is 1.48. The zero-order valence-electron chi connectivity index (χ0n) is 17.4. The van der Waals surface area contributed by atoms with Crippen LogP contribution < -0.4 is 4.74 Å². The SMILES string of the molecule is CCN(CC1CC2(CCCCCCC2)CS1)C(=O)COc1ccc(C)cc1O. The van der Waals surface area contributed by atoms with Gasteiger partial charge in [0, 0.05) is 18.3 Å². The third kappa shape index (κ3) is 5.59. The molecule has 156 valence electrons. The van der Waals surface area contributed by atoms with Gasteiger partial charge in [0.15, 0.2) is 18.1 Å². The van der Waals surface area contributed by atoms with Gasteiger partial charge in [-0.25, -0.2) is 0 Å². The van der Waals surface area contributed by atoms with Crippen LogP contribution in [0.5, 0.6) is 11.5 Å². The fourth-order valence-corrected chi connectivity index (χ4v) is 6.40. The molecule has 0 aromatic heterocycles. The number of benzene rings is 1. The number of hydrogen-bond donors (Lipinski definition) is 1. The van der Waals surface area contributed by atoms with Crippen molar-refractivity contribution in [2.75, 3.05) is 25.4 Å². The Labute approximate surface area is 174 Å². The smallest absolute Gasteiger partial charge is 0.260 e. The molecule has 1 heterocycles. The van der Waals surface area contributed by atoms with Crippen LogP contribution in [0.4, 0.5) is 0 Å². The molecule has 5 heteroatoms. The van der Waals surface area contributed by atoms with E-state index in [2.05, 4.69) is 11.8 Å². The molecule has 1 spiro atoms. The molecule has 28 heavy (non-hydrogen) atoms. The van der Waals surface area contributed by atoms with Gasteiger partial charge in [-0.3, -0.25) is 4.79 Å². The number of amides is 1. The first-order chi connectivity index (χ1) is 13.5. The Balaban J connectivity index is 1.51. The van der Waals surface area contributed by atoms with E-state index in [0.29, 0.717) is 23.0 Å². The lowest BCUT2D eigenvalue weighted by Gasteiger charge is -2.31. The van der Waals surface area contributed by atoms with Gasteiger partial charge in [-0.2, -0.15) is 11.8 Å². The maximum Gasteiger partial charge on any atom is 0.260 e. The van der Waals surface area contributed by atoms with Crippen LogP contribution in [-0.4, -0.2) is 46.6 Å². The minimum atomic E-state index is -0.0208. The van der Waals surface area contributed by atoms with Crippen molar-refractivity contribution in [1.82, 2.24) is 4.90 Å². The molecule has 1 aliphatic heterocycles. The molecule has 1 aromatic carbocycles. The molecule has 2 aliphatic rings. The van der Waals surface area contributed by atoms with E-state index in [0.717, 1.165) is 12.1 Å². The second-order valence-electron chi connectivity index (χ2n) is 8.60. The Morgan fingerprint density at radius 2 is 1.96 bits per heavy atom. The Hall–Kier alpha value is -1.36. The van der Waals surface area contributed by atoms with E-state index in [1.54, 1.807) is 12.1 Å². The number of phenolic OH excluding ortho intramolecular Hbond substituents is 1. The molecular weight excluding hydrogens is 370 g/mol. The average molecular weight is 406 g/mol. The highest BCUT2D eigenvalue weighted by atomic mass is 32.2. The van der Waals surface area contributed by atoms with Crippen LogP contribution >= 0.6 is 11.8 Å². The van der Waals surface area contributed by atoms with E-state index in [1.165, 1.54) is 57.1 Å². The Kier molecular flexibility index (Phi) is 7.55. The van der Waals surface area contributed by atoms with Crippen LogP contribution in [0, 0.1) is 12.3 Å². The van der Waals surface area contributed by atoms with Crippen LogP contribution in [-0.2, 0) is 4.79 Å².